The van der Waals surface area contributed by atoms with Crippen molar-refractivity contribution in [2.24, 2.45) is 0 Å². The first-order valence-corrected chi connectivity index (χ1v) is 8.53. The highest BCUT2D eigenvalue weighted by atomic mass is 32.2. The van der Waals surface area contributed by atoms with Crippen molar-refractivity contribution in [3.63, 3.8) is 0 Å². The molecule has 0 saturated heterocycles. The summed E-state index contributed by atoms with van der Waals surface area (Å²) in [7, 11) is 4.13. The van der Waals surface area contributed by atoms with Gasteiger partial charge in [0.25, 0.3) is 10.0 Å². The summed E-state index contributed by atoms with van der Waals surface area (Å²) in [6.07, 6.45) is 0.831. The molecule has 5 nitrogen and oxygen atoms in total. The average Bonchev–Trinajstić information content (AvgIpc) is 2.78. The molecule has 1 heterocycles. The van der Waals surface area contributed by atoms with Crippen LogP contribution in [-0.2, 0) is 16.6 Å². The lowest BCUT2D eigenvalue weighted by Gasteiger charge is -2.17. The molecule has 0 unspecified atom stereocenters. The molecule has 0 radical (unpaired) electrons. The molecule has 0 aliphatic heterocycles. The Balaban J connectivity index is 2.67. The van der Waals surface area contributed by atoms with Crippen molar-refractivity contribution in [1.82, 2.24) is 14.5 Å². The molecule has 1 aromatic rings. The van der Waals surface area contributed by atoms with E-state index in [9.17, 15) is 8.42 Å². The highest BCUT2D eigenvalue weighted by molar-refractivity contribution is 7.91. The van der Waals surface area contributed by atoms with Crippen molar-refractivity contribution in [2.75, 3.05) is 41.3 Å². The van der Waals surface area contributed by atoms with Gasteiger partial charge in [-0.15, -0.1) is 11.3 Å². The molecule has 1 rings (SSSR count). The summed E-state index contributed by atoms with van der Waals surface area (Å²) in [5.74, 6) is 0. The Labute approximate surface area is 120 Å². The predicted molar refractivity (Wildman–Crippen MR) is 80.1 cm³/mol. The van der Waals surface area contributed by atoms with Gasteiger partial charge in [-0.1, -0.05) is 0 Å². The fourth-order valence-corrected chi connectivity index (χ4v) is 4.30. The molecule has 0 aliphatic carbocycles. The Morgan fingerprint density at radius 2 is 1.95 bits per heavy atom. The van der Waals surface area contributed by atoms with Gasteiger partial charge in [0.15, 0.2) is 0 Å². The standard InChI is InChI=1S/C12H23N3O2S2/c1-13-9-11-8-12(18-10-11)19(16,17)15(4)7-5-6-14(2)3/h8,10,13H,5-7,9H2,1-4H3. The third-order valence-corrected chi connectivity index (χ3v) is 6.07. The van der Waals surface area contributed by atoms with Gasteiger partial charge in [-0.05, 0) is 51.1 Å². The fraction of sp³-hybridized carbons (Fsp3) is 0.667. The normalized spacial score (nSPS) is 12.5. The van der Waals surface area contributed by atoms with E-state index in [4.69, 9.17) is 0 Å². The van der Waals surface area contributed by atoms with E-state index in [0.29, 0.717) is 17.3 Å². The maximum Gasteiger partial charge on any atom is 0.252 e. The van der Waals surface area contributed by atoms with Crippen molar-refractivity contribution in [2.45, 2.75) is 17.2 Å². The molecule has 1 aromatic heterocycles. The van der Waals surface area contributed by atoms with E-state index in [1.54, 1.807) is 13.1 Å². The SMILES string of the molecule is CNCc1csc(S(=O)(=O)N(C)CCCN(C)C)c1. The largest absolute Gasteiger partial charge is 0.316 e. The van der Waals surface area contributed by atoms with Crippen LogP contribution in [0.25, 0.3) is 0 Å². The lowest BCUT2D eigenvalue weighted by Crippen LogP contribution is -2.29. The minimum absolute atomic E-state index is 0.421. The van der Waals surface area contributed by atoms with E-state index < -0.39 is 10.0 Å². The Kier molecular flexibility index (Phi) is 6.41. The fourth-order valence-electron chi connectivity index (χ4n) is 1.67. The van der Waals surface area contributed by atoms with Gasteiger partial charge in [0.2, 0.25) is 0 Å². The van der Waals surface area contributed by atoms with Gasteiger partial charge in [-0.2, -0.15) is 0 Å². The maximum absolute atomic E-state index is 12.3. The number of rotatable bonds is 8. The third kappa shape index (κ3) is 4.85. The Morgan fingerprint density at radius 1 is 1.26 bits per heavy atom. The smallest absolute Gasteiger partial charge is 0.252 e. The van der Waals surface area contributed by atoms with Crippen molar-refractivity contribution in [3.05, 3.63) is 17.0 Å². The number of hydrogen-bond acceptors (Lipinski definition) is 5. The summed E-state index contributed by atoms with van der Waals surface area (Å²) in [6, 6.07) is 1.75. The van der Waals surface area contributed by atoms with Crippen LogP contribution in [0.2, 0.25) is 0 Å². The zero-order valence-electron chi connectivity index (χ0n) is 12.0. The first kappa shape index (κ1) is 16.6. The van der Waals surface area contributed by atoms with E-state index in [1.165, 1.54) is 15.6 Å². The zero-order valence-corrected chi connectivity index (χ0v) is 13.6. The third-order valence-electron chi connectivity index (χ3n) is 2.75. The second kappa shape index (κ2) is 7.35. The molecular weight excluding hydrogens is 282 g/mol. The first-order chi connectivity index (χ1) is 8.87. The van der Waals surface area contributed by atoms with Crippen LogP contribution >= 0.6 is 11.3 Å². The summed E-state index contributed by atoms with van der Waals surface area (Å²) in [4.78, 5) is 2.05. The molecule has 0 aromatic carbocycles. The van der Waals surface area contributed by atoms with Crippen LogP contribution in [0.4, 0.5) is 0 Å². The first-order valence-electron chi connectivity index (χ1n) is 6.21. The molecule has 0 atom stereocenters. The van der Waals surface area contributed by atoms with E-state index in [0.717, 1.165) is 18.5 Å². The molecule has 1 N–H and O–H groups in total. The predicted octanol–water partition coefficient (Wildman–Crippen LogP) is 1.04. The van der Waals surface area contributed by atoms with Gasteiger partial charge in [-0.25, -0.2) is 12.7 Å². The molecule has 0 fully saturated rings. The molecule has 0 saturated carbocycles. The monoisotopic (exact) mass is 305 g/mol. The Bertz CT molecular complexity index is 483. The minimum atomic E-state index is -3.33. The van der Waals surface area contributed by atoms with Crippen LogP contribution in [0, 0.1) is 0 Å². The van der Waals surface area contributed by atoms with Crippen LogP contribution in [0.5, 0.6) is 0 Å². The van der Waals surface area contributed by atoms with Crippen LogP contribution < -0.4 is 5.32 Å². The van der Waals surface area contributed by atoms with E-state index in [-0.39, 0.29) is 0 Å². The summed E-state index contributed by atoms with van der Waals surface area (Å²) in [6.45, 7) is 2.12. The highest BCUT2D eigenvalue weighted by Crippen LogP contribution is 2.23. The summed E-state index contributed by atoms with van der Waals surface area (Å²) < 4.78 is 26.5. The molecule has 0 spiro atoms. The van der Waals surface area contributed by atoms with E-state index >= 15 is 0 Å². The number of nitrogens with one attached hydrogen (secondary N) is 1. The maximum atomic E-state index is 12.3. The second-order valence-electron chi connectivity index (χ2n) is 4.79. The second-order valence-corrected chi connectivity index (χ2v) is 7.97. The van der Waals surface area contributed by atoms with Crippen LogP contribution in [0.3, 0.4) is 0 Å². The number of thiophene rings is 1. The summed E-state index contributed by atoms with van der Waals surface area (Å²) >= 11 is 1.28. The van der Waals surface area contributed by atoms with Gasteiger partial charge in [0.05, 0.1) is 0 Å². The lowest BCUT2D eigenvalue weighted by atomic mass is 10.3. The Morgan fingerprint density at radius 3 is 2.53 bits per heavy atom. The molecule has 110 valence electrons. The molecule has 0 aliphatic rings. The number of nitrogens with zero attached hydrogens (tertiary/aromatic N) is 2. The quantitative estimate of drug-likeness (QED) is 0.780. The van der Waals surface area contributed by atoms with Crippen LogP contribution in [0.1, 0.15) is 12.0 Å². The number of hydrogen-bond donors (Lipinski definition) is 1. The van der Waals surface area contributed by atoms with Crippen molar-refractivity contribution in [1.29, 1.82) is 0 Å². The van der Waals surface area contributed by atoms with Crippen LogP contribution in [0.15, 0.2) is 15.7 Å². The van der Waals surface area contributed by atoms with E-state index in [2.05, 4.69) is 10.2 Å². The highest BCUT2D eigenvalue weighted by Gasteiger charge is 2.22. The van der Waals surface area contributed by atoms with Gasteiger partial charge in [0.1, 0.15) is 4.21 Å². The zero-order chi connectivity index (χ0) is 14.5. The van der Waals surface area contributed by atoms with Gasteiger partial charge >= 0.3 is 0 Å². The van der Waals surface area contributed by atoms with Gasteiger partial charge in [0, 0.05) is 20.1 Å². The molecular formula is C12H23N3O2S2. The minimum Gasteiger partial charge on any atom is -0.316 e. The van der Waals surface area contributed by atoms with Crippen molar-refractivity contribution < 1.29 is 8.42 Å². The summed E-state index contributed by atoms with van der Waals surface area (Å²) in [5, 5.41) is 4.90. The molecule has 0 amide bonds. The molecule has 19 heavy (non-hydrogen) atoms. The topological polar surface area (TPSA) is 52.7 Å². The van der Waals surface area contributed by atoms with Gasteiger partial charge in [-0.3, -0.25) is 0 Å². The van der Waals surface area contributed by atoms with E-state index in [1.807, 2.05) is 26.5 Å². The lowest BCUT2D eigenvalue weighted by molar-refractivity contribution is 0.370. The Hall–Kier alpha value is -0.470. The van der Waals surface area contributed by atoms with Crippen molar-refractivity contribution >= 4 is 21.4 Å². The summed E-state index contributed by atoms with van der Waals surface area (Å²) in [5.41, 5.74) is 1.01. The van der Waals surface area contributed by atoms with Crippen LogP contribution in [-0.4, -0.2) is 58.9 Å². The average molecular weight is 305 g/mol. The number of sulfonamides is 1. The van der Waals surface area contributed by atoms with Gasteiger partial charge < -0.3 is 10.2 Å². The van der Waals surface area contributed by atoms with Crippen molar-refractivity contribution in [3.8, 4) is 0 Å². The molecule has 0 bridgehead atoms. The molecule has 7 heteroatoms.